The van der Waals surface area contributed by atoms with Gasteiger partial charge in [0.1, 0.15) is 6.61 Å². The second kappa shape index (κ2) is 4.92. The molecule has 4 heteroatoms. The summed E-state index contributed by atoms with van der Waals surface area (Å²) >= 11 is 0. The van der Waals surface area contributed by atoms with Gasteiger partial charge in [-0.05, 0) is 17.7 Å². The summed E-state index contributed by atoms with van der Waals surface area (Å²) < 4.78 is 4.42. The van der Waals surface area contributed by atoms with Crippen molar-refractivity contribution in [2.45, 2.75) is 6.61 Å². The fourth-order valence-electron chi connectivity index (χ4n) is 0.878. The molecule has 4 nitrogen and oxygen atoms in total. The zero-order chi connectivity index (χ0) is 9.52. The van der Waals surface area contributed by atoms with Crippen LogP contribution in [0.3, 0.4) is 0 Å². The highest BCUT2D eigenvalue weighted by molar-refractivity contribution is 5.70. The summed E-state index contributed by atoms with van der Waals surface area (Å²) in [6.07, 6.45) is 0.602. The largest absolute Gasteiger partial charge is 0.452 e. The predicted molar refractivity (Wildman–Crippen MR) is 46.6 cm³/mol. The highest BCUT2D eigenvalue weighted by Gasteiger charge is 1.93. The van der Waals surface area contributed by atoms with Gasteiger partial charge in [0.25, 0.3) is 0 Å². The van der Waals surface area contributed by atoms with Crippen LogP contribution < -0.4 is 5.32 Å². The van der Waals surface area contributed by atoms with Crippen LogP contribution in [0.15, 0.2) is 24.3 Å². The van der Waals surface area contributed by atoms with Gasteiger partial charge in [0.15, 0.2) is 0 Å². The van der Waals surface area contributed by atoms with Gasteiger partial charge in [-0.2, -0.15) is 0 Å². The molecule has 0 saturated heterocycles. The molecular formula is C9H8NO3. The summed E-state index contributed by atoms with van der Waals surface area (Å²) in [5.74, 6) is 0. The second-order valence-corrected chi connectivity index (χ2v) is 2.33. The molecule has 1 aromatic rings. The van der Waals surface area contributed by atoms with Gasteiger partial charge in [-0.25, -0.2) is 4.79 Å². The molecule has 0 aliphatic heterocycles. The highest BCUT2D eigenvalue weighted by atomic mass is 16.5. The van der Waals surface area contributed by atoms with E-state index in [1.807, 2.05) is 0 Å². The van der Waals surface area contributed by atoms with Gasteiger partial charge in [0.05, 0.1) is 0 Å². The van der Waals surface area contributed by atoms with Gasteiger partial charge < -0.3 is 10.1 Å². The van der Waals surface area contributed by atoms with Crippen LogP contribution in [0.5, 0.6) is 0 Å². The van der Waals surface area contributed by atoms with Gasteiger partial charge in [0.2, 0.25) is 6.41 Å². The summed E-state index contributed by atoms with van der Waals surface area (Å²) in [5, 5.41) is 2.49. The monoisotopic (exact) mass is 178 g/mol. The molecule has 0 unspecified atom stereocenters. The third-order valence-corrected chi connectivity index (χ3v) is 1.48. The van der Waals surface area contributed by atoms with Crippen molar-refractivity contribution in [1.29, 1.82) is 0 Å². The topological polar surface area (TPSA) is 55.4 Å². The lowest BCUT2D eigenvalue weighted by atomic mass is 10.2. The average Bonchev–Trinajstić information content (AvgIpc) is 2.17. The van der Waals surface area contributed by atoms with Crippen LogP contribution in [0.25, 0.3) is 0 Å². The number of rotatable bonds is 5. The third-order valence-electron chi connectivity index (χ3n) is 1.48. The minimum Gasteiger partial charge on any atom is -0.452 e. The fourth-order valence-corrected chi connectivity index (χ4v) is 0.878. The van der Waals surface area contributed by atoms with E-state index in [4.69, 9.17) is 0 Å². The molecule has 0 fully saturated rings. The van der Waals surface area contributed by atoms with Crippen molar-refractivity contribution in [3.8, 4) is 0 Å². The van der Waals surface area contributed by atoms with Crippen LogP contribution in [0.2, 0.25) is 0 Å². The van der Waals surface area contributed by atoms with E-state index in [-0.39, 0.29) is 6.61 Å². The lowest BCUT2D eigenvalue weighted by Gasteiger charge is -2.00. The molecule has 1 aromatic carbocycles. The first-order valence-corrected chi connectivity index (χ1v) is 3.65. The second-order valence-electron chi connectivity index (χ2n) is 2.33. The number of carbonyl (C=O) groups excluding carboxylic acids is 2. The highest BCUT2D eigenvalue weighted by Crippen LogP contribution is 2.08. The van der Waals surface area contributed by atoms with E-state index >= 15 is 0 Å². The van der Waals surface area contributed by atoms with Crippen molar-refractivity contribution in [3.63, 3.8) is 0 Å². The van der Waals surface area contributed by atoms with Crippen LogP contribution in [0, 0.1) is 0 Å². The SMILES string of the molecule is O=[C]OCc1ccc(NC=O)cc1. The van der Waals surface area contributed by atoms with E-state index < -0.39 is 0 Å². The molecular weight excluding hydrogens is 170 g/mol. The minimum atomic E-state index is 0.199. The predicted octanol–water partition coefficient (Wildman–Crippen LogP) is 0.839. The molecule has 1 amide bonds. The van der Waals surface area contributed by atoms with Gasteiger partial charge in [-0.3, -0.25) is 4.79 Å². The first-order valence-electron chi connectivity index (χ1n) is 3.65. The smallest absolute Gasteiger partial charge is 0.417 e. The summed E-state index contributed by atoms with van der Waals surface area (Å²) in [4.78, 5) is 19.8. The summed E-state index contributed by atoms with van der Waals surface area (Å²) in [5.41, 5.74) is 1.55. The van der Waals surface area contributed by atoms with Crippen molar-refractivity contribution in [2.24, 2.45) is 0 Å². The van der Waals surface area contributed by atoms with E-state index in [2.05, 4.69) is 10.1 Å². The standard InChI is InChI=1S/C9H8NO3/c11-6-10-9-3-1-8(2-4-9)5-13-7-12/h1-4,6H,5H2,(H,10,11). The van der Waals surface area contributed by atoms with E-state index in [1.165, 1.54) is 6.47 Å². The first-order chi connectivity index (χ1) is 6.36. The van der Waals surface area contributed by atoms with Crippen molar-refractivity contribution in [3.05, 3.63) is 29.8 Å². The van der Waals surface area contributed by atoms with Crippen LogP contribution in [-0.4, -0.2) is 12.9 Å². The molecule has 0 atom stereocenters. The van der Waals surface area contributed by atoms with Crippen LogP contribution in [-0.2, 0) is 20.9 Å². The maximum Gasteiger partial charge on any atom is 0.417 e. The van der Waals surface area contributed by atoms with Crippen molar-refractivity contribution in [2.75, 3.05) is 5.32 Å². The first kappa shape index (κ1) is 9.25. The Bertz CT molecular complexity index is 281. The number of anilines is 1. The molecule has 13 heavy (non-hydrogen) atoms. The Labute approximate surface area is 75.5 Å². The Morgan fingerprint density at radius 3 is 2.62 bits per heavy atom. The van der Waals surface area contributed by atoms with E-state index in [0.717, 1.165) is 5.56 Å². The Kier molecular flexibility index (Phi) is 3.50. The molecule has 0 aliphatic rings. The quantitative estimate of drug-likeness (QED) is 0.679. The zero-order valence-corrected chi connectivity index (χ0v) is 6.82. The molecule has 67 valence electrons. The van der Waals surface area contributed by atoms with Gasteiger partial charge in [0, 0.05) is 5.69 Å². The third kappa shape index (κ3) is 2.94. The van der Waals surface area contributed by atoms with Gasteiger partial charge in [-0.15, -0.1) is 0 Å². The number of carbonyl (C=O) groups is 1. The van der Waals surface area contributed by atoms with E-state index in [1.54, 1.807) is 24.3 Å². The number of hydrogen-bond acceptors (Lipinski definition) is 3. The Morgan fingerprint density at radius 1 is 1.38 bits per heavy atom. The molecule has 1 N–H and O–H groups in total. The van der Waals surface area contributed by atoms with Crippen LogP contribution in [0.4, 0.5) is 5.69 Å². The molecule has 1 rings (SSSR count). The summed E-state index contributed by atoms with van der Waals surface area (Å²) in [6.45, 7) is 1.53. The fraction of sp³-hybridized carbons (Fsp3) is 0.111. The normalized spacial score (nSPS) is 8.92. The number of nitrogens with one attached hydrogen (secondary N) is 1. The Hall–Kier alpha value is -1.84. The van der Waals surface area contributed by atoms with Gasteiger partial charge >= 0.3 is 6.47 Å². The maximum atomic E-state index is 10.0. The number of hydrogen-bond donors (Lipinski definition) is 1. The molecule has 1 radical (unpaired) electrons. The zero-order valence-electron chi connectivity index (χ0n) is 6.82. The molecule has 0 saturated carbocycles. The molecule has 0 heterocycles. The molecule has 0 spiro atoms. The summed E-state index contributed by atoms with van der Waals surface area (Å²) in [7, 11) is 0. The maximum absolute atomic E-state index is 10.0. The van der Waals surface area contributed by atoms with Crippen molar-refractivity contribution in [1.82, 2.24) is 0 Å². The molecule has 0 aromatic heterocycles. The number of ether oxygens (including phenoxy) is 1. The lowest BCUT2D eigenvalue weighted by Crippen LogP contribution is -1.94. The average molecular weight is 178 g/mol. The molecule has 0 aliphatic carbocycles. The summed E-state index contributed by atoms with van der Waals surface area (Å²) in [6, 6.07) is 6.95. The van der Waals surface area contributed by atoms with E-state index in [9.17, 15) is 9.59 Å². The van der Waals surface area contributed by atoms with Crippen LogP contribution >= 0.6 is 0 Å². The Morgan fingerprint density at radius 2 is 2.08 bits per heavy atom. The van der Waals surface area contributed by atoms with E-state index in [0.29, 0.717) is 12.1 Å². The van der Waals surface area contributed by atoms with Crippen molar-refractivity contribution < 1.29 is 14.3 Å². The molecule has 0 bridgehead atoms. The Balaban J connectivity index is 2.58. The number of benzene rings is 1. The van der Waals surface area contributed by atoms with Crippen LogP contribution in [0.1, 0.15) is 5.56 Å². The lowest BCUT2D eigenvalue weighted by molar-refractivity contribution is -0.105. The van der Waals surface area contributed by atoms with Crippen molar-refractivity contribution >= 4 is 18.6 Å². The minimum absolute atomic E-state index is 0.199. The number of amides is 1. The van der Waals surface area contributed by atoms with Gasteiger partial charge in [-0.1, -0.05) is 12.1 Å².